The quantitative estimate of drug-likeness (QED) is 0.653. The molecule has 2 bridgehead atoms. The van der Waals surface area contributed by atoms with Gasteiger partial charge >= 0.3 is 5.63 Å². The summed E-state index contributed by atoms with van der Waals surface area (Å²) < 4.78 is 24.6. The molecule has 3 atom stereocenters. The number of nitrogens with zero attached hydrogens (tertiary/aromatic N) is 1. The van der Waals surface area contributed by atoms with Crippen molar-refractivity contribution in [1.82, 2.24) is 10.2 Å². The average Bonchev–Trinajstić information content (AvgIpc) is 3.10. The molecular formula is C24H23FN2O4. The van der Waals surface area contributed by atoms with Crippen molar-refractivity contribution in [2.75, 3.05) is 13.1 Å². The Kier molecular flexibility index (Phi) is 4.98. The zero-order valence-electron chi connectivity index (χ0n) is 17.1. The number of ether oxygens (including phenoxy) is 1. The van der Waals surface area contributed by atoms with Crippen molar-refractivity contribution in [1.29, 1.82) is 0 Å². The summed E-state index contributed by atoms with van der Waals surface area (Å²) in [6.45, 7) is 3.15. The van der Waals surface area contributed by atoms with Crippen LogP contribution in [-0.2, 0) is 4.79 Å². The molecule has 1 N–H and O–H groups in total. The zero-order valence-corrected chi connectivity index (χ0v) is 17.1. The van der Waals surface area contributed by atoms with E-state index in [1.807, 2.05) is 4.90 Å². The first-order valence-corrected chi connectivity index (χ1v) is 10.5. The van der Waals surface area contributed by atoms with E-state index >= 15 is 0 Å². The monoisotopic (exact) mass is 422 g/mol. The Morgan fingerprint density at radius 1 is 1.13 bits per heavy atom. The highest BCUT2D eigenvalue weighted by Gasteiger charge is 2.36. The topological polar surface area (TPSA) is 71.8 Å². The van der Waals surface area contributed by atoms with E-state index in [2.05, 4.69) is 5.32 Å². The summed E-state index contributed by atoms with van der Waals surface area (Å²) in [5, 5.41) is 4.22. The van der Waals surface area contributed by atoms with Gasteiger partial charge in [0.25, 0.3) is 5.91 Å². The van der Waals surface area contributed by atoms with Crippen LogP contribution in [0.15, 0.2) is 57.7 Å². The summed E-state index contributed by atoms with van der Waals surface area (Å²) in [7, 11) is 0. The van der Waals surface area contributed by atoms with Crippen molar-refractivity contribution in [2.24, 2.45) is 0 Å². The van der Waals surface area contributed by atoms with E-state index < -0.39 is 11.7 Å². The standard InChI is InChI=1S/C24H23FN2O4/c1-14(24(29)27-12-17-6-7-18(13-27)26-17)30-19-8-9-20-21(11-23(28)31-22(20)10-19)15-2-4-16(25)5-3-15/h2-5,8-11,14,17-18,26H,6-7,12-13H2,1H3/t14-,17?,18?/m1/s1. The molecule has 6 nitrogen and oxygen atoms in total. The van der Waals surface area contributed by atoms with Crippen LogP contribution in [0.5, 0.6) is 5.75 Å². The van der Waals surface area contributed by atoms with Gasteiger partial charge in [-0.1, -0.05) is 12.1 Å². The third kappa shape index (κ3) is 3.93. The largest absolute Gasteiger partial charge is 0.481 e. The van der Waals surface area contributed by atoms with E-state index in [1.54, 1.807) is 37.3 Å². The van der Waals surface area contributed by atoms with Gasteiger partial charge in [-0.25, -0.2) is 9.18 Å². The minimum atomic E-state index is -0.651. The number of benzene rings is 2. The van der Waals surface area contributed by atoms with E-state index in [4.69, 9.17) is 9.15 Å². The lowest BCUT2D eigenvalue weighted by Gasteiger charge is -2.34. The summed E-state index contributed by atoms with van der Waals surface area (Å²) >= 11 is 0. The van der Waals surface area contributed by atoms with Gasteiger partial charge in [0.1, 0.15) is 17.1 Å². The number of likely N-dealkylation sites (tertiary alicyclic amines) is 1. The molecule has 5 rings (SSSR count). The lowest BCUT2D eigenvalue weighted by atomic mass is 10.0. The van der Waals surface area contributed by atoms with Gasteiger partial charge in [-0.3, -0.25) is 4.79 Å². The minimum Gasteiger partial charge on any atom is -0.481 e. The summed E-state index contributed by atoms with van der Waals surface area (Å²) in [6.07, 6.45) is 1.55. The summed E-state index contributed by atoms with van der Waals surface area (Å²) in [5.74, 6) is 0.0636. The zero-order chi connectivity index (χ0) is 21.5. The van der Waals surface area contributed by atoms with Crippen LogP contribution in [-0.4, -0.2) is 42.1 Å². The molecule has 2 aliphatic rings. The molecular weight excluding hydrogens is 399 g/mol. The van der Waals surface area contributed by atoms with Crippen molar-refractivity contribution < 1.29 is 18.3 Å². The highest BCUT2D eigenvalue weighted by Crippen LogP contribution is 2.30. The van der Waals surface area contributed by atoms with Gasteiger partial charge in [-0.05, 0) is 55.2 Å². The number of fused-ring (bicyclic) bond motifs is 3. The maximum atomic E-state index is 13.3. The molecule has 1 amide bonds. The Balaban J connectivity index is 1.39. The first kappa shape index (κ1) is 19.8. The van der Waals surface area contributed by atoms with Crippen LogP contribution in [0.1, 0.15) is 19.8 Å². The lowest BCUT2D eigenvalue weighted by Crippen LogP contribution is -2.55. The van der Waals surface area contributed by atoms with Crippen LogP contribution in [0, 0.1) is 5.82 Å². The molecule has 2 unspecified atom stereocenters. The first-order valence-electron chi connectivity index (χ1n) is 10.5. The van der Waals surface area contributed by atoms with Crippen molar-refractivity contribution >= 4 is 16.9 Å². The van der Waals surface area contributed by atoms with E-state index in [1.165, 1.54) is 18.2 Å². The van der Waals surface area contributed by atoms with E-state index in [-0.39, 0.29) is 11.7 Å². The summed E-state index contributed by atoms with van der Waals surface area (Å²) in [6, 6.07) is 13.2. The first-order chi connectivity index (χ1) is 15.0. The molecule has 0 radical (unpaired) electrons. The number of hydrogen-bond acceptors (Lipinski definition) is 5. The van der Waals surface area contributed by atoms with Crippen LogP contribution >= 0.6 is 0 Å². The second-order valence-electron chi connectivity index (χ2n) is 8.29. The molecule has 160 valence electrons. The molecule has 0 aliphatic carbocycles. The van der Waals surface area contributed by atoms with E-state index in [0.29, 0.717) is 53.0 Å². The number of nitrogens with one attached hydrogen (secondary N) is 1. The summed E-state index contributed by atoms with van der Waals surface area (Å²) in [4.78, 5) is 26.9. The number of hydrogen-bond donors (Lipinski definition) is 1. The number of piperazine rings is 1. The summed E-state index contributed by atoms with van der Waals surface area (Å²) in [5.41, 5.74) is 1.21. The van der Waals surface area contributed by atoms with Gasteiger partial charge in [0, 0.05) is 42.7 Å². The Bertz CT molecular complexity index is 1180. The highest BCUT2D eigenvalue weighted by atomic mass is 19.1. The number of carbonyl (C=O) groups is 1. The van der Waals surface area contributed by atoms with Gasteiger partial charge in [0.05, 0.1) is 0 Å². The molecule has 3 aromatic rings. The fourth-order valence-corrected chi connectivity index (χ4v) is 4.57. The van der Waals surface area contributed by atoms with Gasteiger partial charge in [-0.15, -0.1) is 0 Å². The van der Waals surface area contributed by atoms with E-state index in [9.17, 15) is 14.0 Å². The van der Waals surface area contributed by atoms with Crippen LogP contribution in [0.4, 0.5) is 4.39 Å². The molecule has 1 aromatic heterocycles. The number of halogens is 1. The SMILES string of the molecule is C[C@@H](Oc1ccc2c(-c3ccc(F)cc3)cc(=O)oc2c1)C(=O)N1CC2CCC(C1)N2. The Hall–Kier alpha value is -3.19. The maximum Gasteiger partial charge on any atom is 0.336 e. The van der Waals surface area contributed by atoms with Gasteiger partial charge in [0.2, 0.25) is 0 Å². The van der Waals surface area contributed by atoms with Crippen molar-refractivity contribution in [3.05, 3.63) is 64.8 Å². The smallest absolute Gasteiger partial charge is 0.336 e. The number of rotatable bonds is 4. The van der Waals surface area contributed by atoms with Gasteiger partial charge in [0.15, 0.2) is 6.10 Å². The molecule has 2 fully saturated rings. The van der Waals surface area contributed by atoms with Gasteiger partial charge in [-0.2, -0.15) is 0 Å². The van der Waals surface area contributed by atoms with Crippen molar-refractivity contribution in [2.45, 2.75) is 38.0 Å². The number of amides is 1. The molecule has 2 aromatic carbocycles. The fraction of sp³-hybridized carbons (Fsp3) is 0.333. The van der Waals surface area contributed by atoms with Gasteiger partial charge < -0.3 is 19.4 Å². The minimum absolute atomic E-state index is 0.0417. The highest BCUT2D eigenvalue weighted by molar-refractivity contribution is 5.93. The molecule has 0 saturated carbocycles. The molecule has 0 spiro atoms. The van der Waals surface area contributed by atoms with Crippen LogP contribution in [0.3, 0.4) is 0 Å². The third-order valence-electron chi connectivity index (χ3n) is 6.06. The second-order valence-corrected chi connectivity index (χ2v) is 8.29. The maximum absolute atomic E-state index is 13.3. The molecule has 31 heavy (non-hydrogen) atoms. The van der Waals surface area contributed by atoms with Crippen LogP contribution < -0.4 is 15.7 Å². The van der Waals surface area contributed by atoms with Crippen molar-refractivity contribution in [3.63, 3.8) is 0 Å². The Morgan fingerprint density at radius 2 is 1.84 bits per heavy atom. The predicted molar refractivity (Wildman–Crippen MR) is 114 cm³/mol. The Morgan fingerprint density at radius 3 is 2.55 bits per heavy atom. The number of carbonyl (C=O) groups excluding carboxylic acids is 1. The molecule has 2 aliphatic heterocycles. The predicted octanol–water partition coefficient (Wildman–Crippen LogP) is 3.33. The van der Waals surface area contributed by atoms with Crippen LogP contribution in [0.2, 0.25) is 0 Å². The lowest BCUT2D eigenvalue weighted by molar-refractivity contribution is -0.139. The second kappa shape index (κ2) is 7.81. The third-order valence-corrected chi connectivity index (χ3v) is 6.06. The Labute approximate surface area is 178 Å². The van der Waals surface area contributed by atoms with Crippen molar-refractivity contribution in [3.8, 4) is 16.9 Å². The van der Waals surface area contributed by atoms with Crippen LogP contribution in [0.25, 0.3) is 22.1 Å². The van der Waals surface area contributed by atoms with E-state index in [0.717, 1.165) is 12.8 Å². The fourth-order valence-electron chi connectivity index (χ4n) is 4.57. The normalized spacial score (nSPS) is 21.3. The average molecular weight is 422 g/mol. The molecule has 3 heterocycles. The molecule has 7 heteroatoms. The molecule has 2 saturated heterocycles.